The molecule has 2 N–H and O–H groups in total. The topological polar surface area (TPSA) is 60.2 Å². The molecule has 2 aliphatic carbocycles. The van der Waals surface area contributed by atoms with E-state index in [-0.39, 0.29) is 15.6 Å². The van der Waals surface area contributed by atoms with Gasteiger partial charge in [0.2, 0.25) is 0 Å². The molecule has 2 aliphatic rings. The molecule has 0 atom stereocenters. The number of hydrogen-bond acceptors (Lipinski definition) is 3. The third-order valence-electron chi connectivity index (χ3n) is 4.77. The van der Waals surface area contributed by atoms with Crippen LogP contribution in [0.4, 0.5) is 4.39 Å². The Bertz CT molecular complexity index is 617. The molecule has 5 heteroatoms. The van der Waals surface area contributed by atoms with Crippen LogP contribution in [0.15, 0.2) is 23.1 Å². The summed E-state index contributed by atoms with van der Waals surface area (Å²) < 4.78 is 38.5. The molecular weight excluding hydrogens is 277 g/mol. The fraction of sp³-hybridized carbons (Fsp3) is 0.600. The second-order valence-electron chi connectivity index (χ2n) is 6.08. The van der Waals surface area contributed by atoms with E-state index in [1.807, 2.05) is 0 Å². The van der Waals surface area contributed by atoms with Gasteiger partial charge in [-0.15, -0.1) is 0 Å². The van der Waals surface area contributed by atoms with Crippen LogP contribution in [-0.2, 0) is 15.3 Å². The maximum atomic E-state index is 14.3. The van der Waals surface area contributed by atoms with Gasteiger partial charge in [0.25, 0.3) is 0 Å². The second-order valence-corrected chi connectivity index (χ2v) is 8.28. The molecule has 0 radical (unpaired) electrons. The zero-order valence-electron chi connectivity index (χ0n) is 11.4. The Kier molecular flexibility index (Phi) is 3.37. The van der Waals surface area contributed by atoms with Crippen molar-refractivity contribution in [1.29, 1.82) is 0 Å². The van der Waals surface area contributed by atoms with Crippen LogP contribution >= 0.6 is 0 Å². The highest BCUT2D eigenvalue weighted by Crippen LogP contribution is 2.42. The zero-order valence-corrected chi connectivity index (χ0v) is 12.3. The molecule has 110 valence electrons. The van der Waals surface area contributed by atoms with E-state index in [0.717, 1.165) is 31.2 Å². The summed E-state index contributed by atoms with van der Waals surface area (Å²) in [6.07, 6.45) is 5.41. The smallest absolute Gasteiger partial charge is 0.184 e. The van der Waals surface area contributed by atoms with Crippen LogP contribution in [0.3, 0.4) is 0 Å². The highest BCUT2D eigenvalue weighted by molar-refractivity contribution is 7.92. The first kappa shape index (κ1) is 14.0. The van der Waals surface area contributed by atoms with E-state index in [2.05, 4.69) is 0 Å². The quantitative estimate of drug-likeness (QED) is 0.929. The van der Waals surface area contributed by atoms with Gasteiger partial charge in [0, 0.05) is 12.0 Å². The molecule has 0 aliphatic heterocycles. The summed E-state index contributed by atoms with van der Waals surface area (Å²) in [5.74, 6) is -0.617. The van der Waals surface area contributed by atoms with E-state index >= 15 is 0 Å². The molecule has 0 aromatic heterocycles. The molecule has 3 nitrogen and oxygen atoms in total. The van der Waals surface area contributed by atoms with E-state index in [4.69, 9.17) is 5.73 Å². The second kappa shape index (κ2) is 4.81. The SMILES string of the molecule is NCC1(c2ccc(S(=O)(=O)C3CC3)c(F)c2)CCCC1. The molecule has 1 aromatic carbocycles. The Hall–Kier alpha value is -0.940. The number of halogens is 1. The average Bonchev–Trinajstić information content (AvgIpc) is 3.18. The highest BCUT2D eigenvalue weighted by Gasteiger charge is 2.40. The van der Waals surface area contributed by atoms with Gasteiger partial charge in [0.15, 0.2) is 9.84 Å². The predicted molar refractivity (Wildman–Crippen MR) is 75.8 cm³/mol. The van der Waals surface area contributed by atoms with Crippen molar-refractivity contribution in [2.75, 3.05) is 6.54 Å². The molecule has 0 bridgehead atoms. The van der Waals surface area contributed by atoms with Crippen molar-refractivity contribution < 1.29 is 12.8 Å². The minimum atomic E-state index is -3.47. The molecule has 2 saturated carbocycles. The fourth-order valence-electron chi connectivity index (χ4n) is 3.28. The first-order chi connectivity index (χ1) is 9.49. The third kappa shape index (κ3) is 2.17. The number of rotatable bonds is 4. The van der Waals surface area contributed by atoms with Crippen LogP contribution in [0.1, 0.15) is 44.1 Å². The lowest BCUT2D eigenvalue weighted by Crippen LogP contribution is -2.32. The molecule has 2 fully saturated rings. The number of sulfone groups is 1. The summed E-state index contributed by atoms with van der Waals surface area (Å²) >= 11 is 0. The molecule has 20 heavy (non-hydrogen) atoms. The summed E-state index contributed by atoms with van der Waals surface area (Å²) in [6.45, 7) is 0.487. The van der Waals surface area contributed by atoms with Gasteiger partial charge in [-0.1, -0.05) is 18.9 Å². The Balaban J connectivity index is 1.99. The summed E-state index contributed by atoms with van der Waals surface area (Å²) in [7, 11) is -3.47. The first-order valence-electron chi connectivity index (χ1n) is 7.24. The Morgan fingerprint density at radius 2 is 1.90 bits per heavy atom. The molecule has 1 aromatic rings. The van der Waals surface area contributed by atoms with Crippen molar-refractivity contribution in [1.82, 2.24) is 0 Å². The lowest BCUT2D eigenvalue weighted by atomic mass is 9.79. The fourth-order valence-corrected chi connectivity index (χ4v) is 4.99. The zero-order chi connectivity index (χ0) is 14.4. The summed E-state index contributed by atoms with van der Waals surface area (Å²) in [5.41, 5.74) is 6.58. The standard InChI is InChI=1S/C15H20FNO2S/c16-13-9-11(15(10-17)7-1-2-8-15)3-6-14(13)20(18,19)12-4-5-12/h3,6,9,12H,1-2,4-5,7-8,10,17H2. The number of nitrogens with two attached hydrogens (primary N) is 1. The largest absolute Gasteiger partial charge is 0.330 e. The van der Waals surface area contributed by atoms with Gasteiger partial charge < -0.3 is 5.73 Å². The van der Waals surface area contributed by atoms with Crippen molar-refractivity contribution in [3.05, 3.63) is 29.6 Å². The van der Waals surface area contributed by atoms with Gasteiger partial charge in [-0.2, -0.15) is 0 Å². The molecule has 0 amide bonds. The van der Waals surface area contributed by atoms with E-state index in [1.165, 1.54) is 12.1 Å². The molecular formula is C15H20FNO2S. The minimum absolute atomic E-state index is 0.145. The van der Waals surface area contributed by atoms with Gasteiger partial charge in [-0.05, 0) is 43.4 Å². The Morgan fingerprint density at radius 3 is 2.40 bits per heavy atom. The molecule has 3 rings (SSSR count). The molecule has 0 unspecified atom stereocenters. The van der Waals surface area contributed by atoms with E-state index in [0.29, 0.717) is 19.4 Å². The van der Waals surface area contributed by atoms with E-state index < -0.39 is 15.7 Å². The van der Waals surface area contributed by atoms with Crippen molar-refractivity contribution >= 4 is 9.84 Å². The summed E-state index contributed by atoms with van der Waals surface area (Å²) in [4.78, 5) is -0.145. The highest BCUT2D eigenvalue weighted by atomic mass is 32.2. The lowest BCUT2D eigenvalue weighted by molar-refractivity contribution is 0.448. The van der Waals surface area contributed by atoms with Gasteiger partial charge in [0.05, 0.1) is 5.25 Å². The van der Waals surface area contributed by atoms with Crippen molar-refractivity contribution in [3.8, 4) is 0 Å². The average molecular weight is 297 g/mol. The van der Waals surface area contributed by atoms with Crippen molar-refractivity contribution in [2.45, 2.75) is 54.1 Å². The molecule has 0 heterocycles. The van der Waals surface area contributed by atoms with Crippen LogP contribution in [0.25, 0.3) is 0 Å². The number of hydrogen-bond donors (Lipinski definition) is 1. The molecule has 0 saturated heterocycles. The van der Waals surface area contributed by atoms with Crippen molar-refractivity contribution in [3.63, 3.8) is 0 Å². The predicted octanol–water partition coefficient (Wildman–Crippen LogP) is 2.53. The maximum Gasteiger partial charge on any atom is 0.184 e. The number of benzene rings is 1. The van der Waals surface area contributed by atoms with Crippen LogP contribution in [0, 0.1) is 5.82 Å². The first-order valence-corrected chi connectivity index (χ1v) is 8.78. The summed E-state index contributed by atoms with van der Waals surface area (Å²) in [5, 5.41) is -0.377. The summed E-state index contributed by atoms with van der Waals surface area (Å²) in [6, 6.07) is 4.60. The Morgan fingerprint density at radius 1 is 1.25 bits per heavy atom. The lowest BCUT2D eigenvalue weighted by Gasteiger charge is -2.28. The minimum Gasteiger partial charge on any atom is -0.330 e. The van der Waals surface area contributed by atoms with Gasteiger partial charge in [0.1, 0.15) is 10.7 Å². The van der Waals surface area contributed by atoms with Crippen LogP contribution in [0.2, 0.25) is 0 Å². The van der Waals surface area contributed by atoms with Crippen LogP contribution < -0.4 is 5.73 Å². The Labute approximate surface area is 119 Å². The molecule has 0 spiro atoms. The van der Waals surface area contributed by atoms with Crippen LogP contribution in [-0.4, -0.2) is 20.2 Å². The monoisotopic (exact) mass is 297 g/mol. The third-order valence-corrected chi connectivity index (χ3v) is 7.06. The van der Waals surface area contributed by atoms with Crippen LogP contribution in [0.5, 0.6) is 0 Å². The van der Waals surface area contributed by atoms with Gasteiger partial charge in [-0.3, -0.25) is 0 Å². The van der Waals surface area contributed by atoms with Crippen molar-refractivity contribution in [2.24, 2.45) is 5.73 Å². The maximum absolute atomic E-state index is 14.3. The van der Waals surface area contributed by atoms with E-state index in [9.17, 15) is 12.8 Å². The van der Waals surface area contributed by atoms with E-state index in [1.54, 1.807) is 6.07 Å². The normalized spacial score (nSPS) is 22.1. The van der Waals surface area contributed by atoms with Gasteiger partial charge in [-0.25, -0.2) is 12.8 Å². The van der Waals surface area contributed by atoms with Gasteiger partial charge >= 0.3 is 0 Å².